The van der Waals surface area contributed by atoms with E-state index in [-0.39, 0.29) is 5.41 Å². The van der Waals surface area contributed by atoms with Crippen molar-refractivity contribution in [3.8, 4) is 84.5 Å². The standard InChI is InChI=1S/C53H39N3/c54-35-36-20-29-47-46(32-36)51-45(18-11-19-48(51)53(47)30-8-3-9-31-53)40-27-25-38(26-28-40)37-21-23-39(24-22-37)43-16-10-17-44(33-43)50-34-49(41-12-4-1-5-13-41)55-52(56-50)42-14-6-2-7-15-42/h1-2,4-7,10-29,32-34H,3,8-9,30-31H2. The van der Waals surface area contributed by atoms with Gasteiger partial charge in [0.05, 0.1) is 23.0 Å². The van der Waals surface area contributed by atoms with Gasteiger partial charge in [-0.1, -0.05) is 171 Å². The molecule has 2 aliphatic carbocycles. The summed E-state index contributed by atoms with van der Waals surface area (Å²) >= 11 is 0. The number of rotatable bonds is 6. The molecule has 3 nitrogen and oxygen atoms in total. The minimum atomic E-state index is 0.0547. The SMILES string of the molecule is N#Cc1ccc2c(c1)-c1c(-c3ccc(-c4ccc(-c5cccc(-c6cc(-c7ccccc7)nc(-c7ccccc7)n6)c5)cc4)cc3)cccc1C21CCCCC1. The molecule has 1 heterocycles. The molecular formula is C53H39N3. The molecule has 0 bridgehead atoms. The minimum Gasteiger partial charge on any atom is -0.228 e. The molecule has 0 N–H and O–H groups in total. The van der Waals surface area contributed by atoms with Crippen molar-refractivity contribution in [2.45, 2.75) is 37.5 Å². The van der Waals surface area contributed by atoms with Crippen molar-refractivity contribution in [1.29, 1.82) is 5.26 Å². The Labute approximate surface area is 328 Å². The molecule has 0 unspecified atom stereocenters. The summed E-state index contributed by atoms with van der Waals surface area (Å²) in [6, 6.07) is 64.7. The first-order valence-corrected chi connectivity index (χ1v) is 19.7. The highest BCUT2D eigenvalue weighted by molar-refractivity contribution is 5.93. The molecule has 0 aliphatic heterocycles. The van der Waals surface area contributed by atoms with Crippen molar-refractivity contribution >= 4 is 0 Å². The topological polar surface area (TPSA) is 49.6 Å². The van der Waals surface area contributed by atoms with Crippen molar-refractivity contribution in [3.05, 3.63) is 193 Å². The number of aromatic nitrogens is 2. The molecule has 266 valence electrons. The summed E-state index contributed by atoms with van der Waals surface area (Å²) in [5.41, 5.74) is 18.2. The fourth-order valence-electron chi connectivity index (χ4n) is 9.18. The average Bonchev–Trinajstić information content (AvgIpc) is 3.55. The number of fused-ring (bicyclic) bond motifs is 5. The summed E-state index contributed by atoms with van der Waals surface area (Å²) in [6.45, 7) is 0. The van der Waals surface area contributed by atoms with Gasteiger partial charge in [0.2, 0.25) is 0 Å². The van der Waals surface area contributed by atoms with E-state index < -0.39 is 0 Å². The molecule has 3 heteroatoms. The van der Waals surface area contributed by atoms with E-state index >= 15 is 0 Å². The molecule has 1 aromatic heterocycles. The second kappa shape index (κ2) is 14.1. The smallest absolute Gasteiger partial charge is 0.160 e. The molecular weight excluding hydrogens is 679 g/mol. The van der Waals surface area contributed by atoms with Gasteiger partial charge >= 0.3 is 0 Å². The second-order valence-electron chi connectivity index (χ2n) is 15.2. The zero-order chi connectivity index (χ0) is 37.5. The Morgan fingerprint density at radius 3 is 1.66 bits per heavy atom. The third kappa shape index (κ3) is 5.92. The van der Waals surface area contributed by atoms with Gasteiger partial charge in [-0.2, -0.15) is 5.26 Å². The average molecular weight is 718 g/mol. The van der Waals surface area contributed by atoms with E-state index in [0.717, 1.165) is 44.8 Å². The van der Waals surface area contributed by atoms with E-state index in [9.17, 15) is 5.26 Å². The first-order chi connectivity index (χ1) is 27.7. The van der Waals surface area contributed by atoms with E-state index in [4.69, 9.17) is 9.97 Å². The van der Waals surface area contributed by atoms with Gasteiger partial charge in [-0.05, 0) is 92.7 Å². The third-order valence-corrected chi connectivity index (χ3v) is 12.0. The van der Waals surface area contributed by atoms with Gasteiger partial charge in [0.1, 0.15) is 0 Å². The predicted octanol–water partition coefficient (Wildman–Crippen LogP) is 13.6. The van der Waals surface area contributed by atoms with E-state index in [1.165, 1.54) is 76.6 Å². The van der Waals surface area contributed by atoms with Crippen LogP contribution in [0.5, 0.6) is 0 Å². The molecule has 1 saturated carbocycles. The predicted molar refractivity (Wildman–Crippen MR) is 229 cm³/mol. The molecule has 1 spiro atoms. The summed E-state index contributed by atoms with van der Waals surface area (Å²) in [4.78, 5) is 10.0. The van der Waals surface area contributed by atoms with Gasteiger partial charge in [-0.15, -0.1) is 0 Å². The normalized spacial score (nSPS) is 13.8. The largest absolute Gasteiger partial charge is 0.228 e. The molecule has 8 aromatic rings. The fourth-order valence-corrected chi connectivity index (χ4v) is 9.18. The quantitative estimate of drug-likeness (QED) is 0.172. The zero-order valence-corrected chi connectivity index (χ0v) is 31.1. The molecule has 56 heavy (non-hydrogen) atoms. The summed E-state index contributed by atoms with van der Waals surface area (Å²) in [5, 5.41) is 9.82. The lowest BCUT2D eigenvalue weighted by molar-refractivity contribution is 0.353. The molecule has 10 rings (SSSR count). The number of nitriles is 1. The van der Waals surface area contributed by atoms with Gasteiger partial charge in [-0.25, -0.2) is 9.97 Å². The maximum atomic E-state index is 9.82. The first kappa shape index (κ1) is 33.7. The van der Waals surface area contributed by atoms with E-state index in [0.29, 0.717) is 5.82 Å². The number of nitrogens with zero attached hydrogens (tertiary/aromatic N) is 3. The van der Waals surface area contributed by atoms with Crippen LogP contribution >= 0.6 is 0 Å². The van der Waals surface area contributed by atoms with Gasteiger partial charge in [0.15, 0.2) is 5.82 Å². The van der Waals surface area contributed by atoms with Crippen LogP contribution in [0.2, 0.25) is 0 Å². The molecule has 0 radical (unpaired) electrons. The van der Waals surface area contributed by atoms with Crippen molar-refractivity contribution in [1.82, 2.24) is 9.97 Å². The summed E-state index contributed by atoms with van der Waals surface area (Å²) < 4.78 is 0. The Morgan fingerprint density at radius 2 is 0.982 bits per heavy atom. The van der Waals surface area contributed by atoms with Crippen LogP contribution in [0.3, 0.4) is 0 Å². The fraction of sp³-hybridized carbons (Fsp3) is 0.113. The van der Waals surface area contributed by atoms with Crippen molar-refractivity contribution in [2.75, 3.05) is 0 Å². The Bertz CT molecular complexity index is 2700. The molecule has 0 amide bonds. The molecule has 2 aliphatic rings. The second-order valence-corrected chi connectivity index (χ2v) is 15.2. The Morgan fingerprint density at radius 1 is 0.411 bits per heavy atom. The van der Waals surface area contributed by atoms with Crippen LogP contribution in [0.25, 0.3) is 78.4 Å². The van der Waals surface area contributed by atoms with E-state index in [1.54, 1.807) is 0 Å². The molecule has 0 saturated heterocycles. The third-order valence-electron chi connectivity index (χ3n) is 12.0. The summed E-state index contributed by atoms with van der Waals surface area (Å²) in [5.74, 6) is 0.713. The Kier molecular flexibility index (Phi) is 8.46. The van der Waals surface area contributed by atoms with Crippen LogP contribution < -0.4 is 0 Å². The maximum Gasteiger partial charge on any atom is 0.160 e. The Balaban J connectivity index is 0.952. The van der Waals surface area contributed by atoms with Gasteiger partial charge in [0, 0.05) is 22.1 Å². The number of hydrogen-bond acceptors (Lipinski definition) is 3. The summed E-state index contributed by atoms with van der Waals surface area (Å²) in [6.07, 6.45) is 6.13. The van der Waals surface area contributed by atoms with Gasteiger partial charge in [-0.3, -0.25) is 0 Å². The number of hydrogen-bond donors (Lipinski definition) is 0. The van der Waals surface area contributed by atoms with Crippen LogP contribution in [0.1, 0.15) is 48.8 Å². The Hall–Kier alpha value is -6.89. The van der Waals surface area contributed by atoms with Crippen LogP contribution in [0.4, 0.5) is 0 Å². The molecule has 1 fully saturated rings. The van der Waals surface area contributed by atoms with Gasteiger partial charge < -0.3 is 0 Å². The zero-order valence-electron chi connectivity index (χ0n) is 31.1. The number of benzene rings is 7. The maximum absolute atomic E-state index is 9.82. The highest BCUT2D eigenvalue weighted by Crippen LogP contribution is 2.58. The van der Waals surface area contributed by atoms with Crippen LogP contribution in [0, 0.1) is 11.3 Å². The highest BCUT2D eigenvalue weighted by Gasteiger charge is 2.44. The molecule has 7 aromatic carbocycles. The molecule has 0 atom stereocenters. The van der Waals surface area contributed by atoms with Crippen LogP contribution in [-0.2, 0) is 5.41 Å². The highest BCUT2D eigenvalue weighted by atomic mass is 14.9. The van der Waals surface area contributed by atoms with E-state index in [1.807, 2.05) is 42.5 Å². The van der Waals surface area contributed by atoms with Crippen LogP contribution in [-0.4, -0.2) is 9.97 Å². The monoisotopic (exact) mass is 717 g/mol. The van der Waals surface area contributed by atoms with E-state index in [2.05, 4.69) is 140 Å². The minimum absolute atomic E-state index is 0.0547. The lowest BCUT2D eigenvalue weighted by atomic mass is 9.67. The van der Waals surface area contributed by atoms with Crippen molar-refractivity contribution in [2.24, 2.45) is 0 Å². The van der Waals surface area contributed by atoms with Crippen molar-refractivity contribution < 1.29 is 0 Å². The van der Waals surface area contributed by atoms with Crippen LogP contribution in [0.15, 0.2) is 176 Å². The lowest BCUT2D eigenvalue weighted by Gasteiger charge is -2.36. The van der Waals surface area contributed by atoms with Crippen molar-refractivity contribution in [3.63, 3.8) is 0 Å². The first-order valence-electron chi connectivity index (χ1n) is 19.7. The van der Waals surface area contributed by atoms with Gasteiger partial charge in [0.25, 0.3) is 0 Å². The summed E-state index contributed by atoms with van der Waals surface area (Å²) in [7, 11) is 0. The lowest BCUT2D eigenvalue weighted by Crippen LogP contribution is -2.28.